The summed E-state index contributed by atoms with van der Waals surface area (Å²) in [5.74, 6) is -0.800. The molecule has 0 atom stereocenters. The van der Waals surface area contributed by atoms with Crippen LogP contribution >= 0.6 is 0 Å². The normalized spacial score (nSPS) is 9.28. The van der Waals surface area contributed by atoms with Gasteiger partial charge in [0.15, 0.2) is 0 Å². The molecule has 0 aromatic heterocycles. The van der Waals surface area contributed by atoms with Crippen LogP contribution in [0.2, 0.25) is 0 Å². The van der Waals surface area contributed by atoms with Gasteiger partial charge >= 0.3 is 10.0 Å². The van der Waals surface area contributed by atoms with Crippen molar-refractivity contribution < 1.29 is 18.4 Å². The lowest BCUT2D eigenvalue weighted by atomic mass is 10.2. The van der Waals surface area contributed by atoms with E-state index in [1.54, 1.807) is 0 Å². The Kier molecular flexibility index (Phi) is 9.21. The van der Waals surface area contributed by atoms with Crippen LogP contribution in [0.25, 0.3) is 6.08 Å². The number of hydrogen-bond donors (Lipinski definition) is 0. The topological polar surface area (TPSA) is 52.6 Å². The summed E-state index contributed by atoms with van der Waals surface area (Å²) in [5.41, 5.74) is 1.26. The highest BCUT2D eigenvalue weighted by Gasteiger charge is 1.95. The van der Waals surface area contributed by atoms with Crippen LogP contribution in [-0.2, 0) is 18.4 Å². The number of carbonyl (C=O) groups is 2. The van der Waals surface area contributed by atoms with E-state index in [-0.39, 0.29) is 0 Å². The first kappa shape index (κ1) is 16.1. The van der Waals surface area contributed by atoms with Gasteiger partial charge in [0, 0.05) is 13.8 Å². The van der Waals surface area contributed by atoms with E-state index >= 15 is 0 Å². The minimum Gasteiger partial charge on any atom is -0.490 e. The lowest BCUT2D eigenvalue weighted by Crippen LogP contribution is -2.11. The van der Waals surface area contributed by atoms with E-state index in [0.29, 0.717) is 0 Å². The van der Waals surface area contributed by atoms with Crippen LogP contribution in [0.1, 0.15) is 26.3 Å². The zero-order valence-corrected chi connectivity index (χ0v) is 12.3. The van der Waals surface area contributed by atoms with E-state index in [9.17, 15) is 9.59 Å². The summed E-state index contributed by atoms with van der Waals surface area (Å²) < 4.78 is 8.82. The van der Waals surface area contributed by atoms with Crippen LogP contribution < -0.4 is 0 Å². The second-order valence-corrected chi connectivity index (χ2v) is 4.11. The Morgan fingerprint density at radius 2 is 1.56 bits per heavy atom. The van der Waals surface area contributed by atoms with Gasteiger partial charge in [0.25, 0.3) is 11.9 Å². The first-order chi connectivity index (χ1) is 8.56. The quantitative estimate of drug-likeness (QED) is 0.783. The Balaban J connectivity index is 0.000000321. The van der Waals surface area contributed by atoms with Gasteiger partial charge in [-0.3, -0.25) is 9.59 Å². The van der Waals surface area contributed by atoms with Crippen molar-refractivity contribution in [1.29, 1.82) is 0 Å². The van der Waals surface area contributed by atoms with Crippen molar-refractivity contribution in [3.63, 3.8) is 0 Å². The van der Waals surface area contributed by atoms with E-state index in [4.69, 9.17) is 0 Å². The maximum Gasteiger partial charge on any atom is 0.431 e. The molecule has 98 valence electrons. The molecule has 1 aromatic rings. The molecule has 0 aliphatic rings. The molecule has 0 aliphatic carbocycles. The molecular formula is C13H18O4Si. The van der Waals surface area contributed by atoms with E-state index in [1.807, 2.05) is 31.2 Å². The first-order valence-corrected chi connectivity index (χ1v) is 6.66. The van der Waals surface area contributed by atoms with Crippen LogP contribution in [-0.4, -0.2) is 21.9 Å². The molecule has 0 saturated heterocycles. The molecule has 0 saturated carbocycles. The van der Waals surface area contributed by atoms with E-state index < -0.39 is 21.9 Å². The first-order valence-electron chi connectivity index (χ1n) is 5.50. The predicted octanol–water partition coefficient (Wildman–Crippen LogP) is 1.83. The fourth-order valence-electron chi connectivity index (χ4n) is 0.952. The molecule has 5 heteroatoms. The van der Waals surface area contributed by atoms with Gasteiger partial charge in [-0.15, -0.1) is 0 Å². The van der Waals surface area contributed by atoms with Crippen molar-refractivity contribution in [2.24, 2.45) is 0 Å². The van der Waals surface area contributed by atoms with Crippen molar-refractivity contribution >= 4 is 28.0 Å². The second-order valence-electron chi connectivity index (χ2n) is 3.30. The average molecular weight is 266 g/mol. The molecule has 1 rings (SSSR count). The predicted molar refractivity (Wildman–Crippen MR) is 73.2 cm³/mol. The molecule has 0 unspecified atom stereocenters. The van der Waals surface area contributed by atoms with Gasteiger partial charge in [-0.2, -0.15) is 0 Å². The molecule has 0 spiro atoms. The van der Waals surface area contributed by atoms with Gasteiger partial charge in [-0.05, 0) is 12.5 Å². The summed E-state index contributed by atoms with van der Waals surface area (Å²) in [6.45, 7) is 4.57. The average Bonchev–Trinajstić information content (AvgIpc) is 2.30. The monoisotopic (exact) mass is 266 g/mol. The third-order valence-electron chi connectivity index (χ3n) is 1.68. The number of allylic oxidation sites excluding steroid dienone is 1. The van der Waals surface area contributed by atoms with Crippen LogP contribution in [0.4, 0.5) is 0 Å². The Morgan fingerprint density at radius 3 is 1.94 bits per heavy atom. The Morgan fingerprint density at radius 1 is 1.06 bits per heavy atom. The third kappa shape index (κ3) is 10.6. The fourth-order valence-corrected chi connectivity index (χ4v) is 1.34. The number of benzene rings is 1. The van der Waals surface area contributed by atoms with Crippen LogP contribution in [0, 0.1) is 0 Å². The molecule has 0 fully saturated rings. The van der Waals surface area contributed by atoms with Gasteiger partial charge < -0.3 is 8.85 Å². The maximum atomic E-state index is 10.0. The zero-order chi connectivity index (χ0) is 13.8. The van der Waals surface area contributed by atoms with Crippen molar-refractivity contribution in [3.05, 3.63) is 42.0 Å². The van der Waals surface area contributed by atoms with E-state index in [2.05, 4.69) is 27.1 Å². The maximum absolute atomic E-state index is 10.0. The Bertz CT molecular complexity index is 373. The molecule has 4 nitrogen and oxygen atoms in total. The minimum absolute atomic E-state index is 0.400. The van der Waals surface area contributed by atoms with Gasteiger partial charge in [0.2, 0.25) is 0 Å². The largest absolute Gasteiger partial charge is 0.490 e. The highest BCUT2D eigenvalue weighted by molar-refractivity contribution is 6.25. The molecule has 0 N–H and O–H groups in total. The van der Waals surface area contributed by atoms with Gasteiger partial charge in [0.1, 0.15) is 0 Å². The molecular weight excluding hydrogens is 248 g/mol. The number of carbonyl (C=O) groups excluding carboxylic acids is 2. The highest BCUT2D eigenvalue weighted by atomic mass is 28.3. The highest BCUT2D eigenvalue weighted by Crippen LogP contribution is 1.99. The second kappa shape index (κ2) is 10.3. The Labute approximate surface area is 110 Å². The van der Waals surface area contributed by atoms with Crippen LogP contribution in [0.5, 0.6) is 0 Å². The smallest absolute Gasteiger partial charge is 0.431 e. The number of hydrogen-bond acceptors (Lipinski definition) is 4. The third-order valence-corrected chi connectivity index (χ3v) is 2.73. The van der Waals surface area contributed by atoms with Gasteiger partial charge in [-0.25, -0.2) is 0 Å². The molecule has 0 amide bonds. The molecule has 0 radical (unpaired) electrons. The van der Waals surface area contributed by atoms with Crippen LogP contribution in [0.15, 0.2) is 36.4 Å². The lowest BCUT2D eigenvalue weighted by molar-refractivity contribution is -0.136. The number of rotatable bonds is 3. The molecule has 0 bridgehead atoms. The van der Waals surface area contributed by atoms with E-state index in [0.717, 1.165) is 0 Å². The summed E-state index contributed by atoms with van der Waals surface area (Å²) in [6.07, 6.45) is 4.12. The van der Waals surface area contributed by atoms with Gasteiger partial charge in [-0.1, -0.05) is 42.5 Å². The van der Waals surface area contributed by atoms with E-state index in [1.165, 1.54) is 19.4 Å². The van der Waals surface area contributed by atoms with Crippen molar-refractivity contribution in [2.45, 2.75) is 20.8 Å². The SMILES string of the molecule is CC(=O)O[SiH2]OC(C)=O.CC=Cc1ccccc1. The lowest BCUT2D eigenvalue weighted by Gasteiger charge is -1.99. The van der Waals surface area contributed by atoms with Gasteiger partial charge in [0.05, 0.1) is 0 Å². The summed E-state index contributed by atoms with van der Waals surface area (Å²) in [7, 11) is -1.38. The summed E-state index contributed by atoms with van der Waals surface area (Å²) in [5, 5.41) is 0. The molecule has 18 heavy (non-hydrogen) atoms. The standard InChI is InChI=1S/C9H10.C4H8O4Si/c1-2-6-9-7-4-3-5-8-9;1-3(5)7-9-8-4(2)6/h2-8H,1H3;9H2,1-2H3. The van der Waals surface area contributed by atoms with Crippen molar-refractivity contribution in [3.8, 4) is 0 Å². The summed E-state index contributed by atoms with van der Waals surface area (Å²) in [4.78, 5) is 20.1. The minimum atomic E-state index is -1.38. The summed E-state index contributed by atoms with van der Waals surface area (Å²) >= 11 is 0. The molecule has 0 aliphatic heterocycles. The van der Waals surface area contributed by atoms with Crippen molar-refractivity contribution in [2.75, 3.05) is 0 Å². The molecule has 1 aromatic carbocycles. The Hall–Kier alpha value is -1.88. The van der Waals surface area contributed by atoms with Crippen molar-refractivity contribution in [1.82, 2.24) is 0 Å². The molecule has 0 heterocycles. The van der Waals surface area contributed by atoms with Crippen LogP contribution in [0.3, 0.4) is 0 Å². The zero-order valence-electron chi connectivity index (χ0n) is 10.9. The fraction of sp³-hybridized carbons (Fsp3) is 0.231. The summed E-state index contributed by atoms with van der Waals surface area (Å²) in [6, 6.07) is 10.3.